The summed E-state index contributed by atoms with van der Waals surface area (Å²) in [6.07, 6.45) is 3.37. The molecule has 126 valence electrons. The number of anilines is 1. The molecule has 24 heavy (non-hydrogen) atoms. The highest BCUT2D eigenvalue weighted by molar-refractivity contribution is 5.90. The lowest BCUT2D eigenvalue weighted by Crippen LogP contribution is -2.60. The SMILES string of the molecule is Cc1cc(NC(=O)N2CC(N(C)C)C2)ccc1Oc1cccnc1. The van der Waals surface area contributed by atoms with Crippen molar-refractivity contribution in [3.63, 3.8) is 0 Å². The average molecular weight is 326 g/mol. The van der Waals surface area contributed by atoms with E-state index in [1.807, 2.05) is 51.4 Å². The van der Waals surface area contributed by atoms with Crippen LogP contribution in [0, 0.1) is 6.92 Å². The summed E-state index contributed by atoms with van der Waals surface area (Å²) in [5, 5.41) is 2.94. The van der Waals surface area contributed by atoms with E-state index in [9.17, 15) is 4.79 Å². The molecule has 3 rings (SSSR count). The number of hydrogen-bond donors (Lipinski definition) is 1. The molecule has 1 aliphatic rings. The van der Waals surface area contributed by atoms with Gasteiger partial charge in [0.25, 0.3) is 0 Å². The highest BCUT2D eigenvalue weighted by atomic mass is 16.5. The molecule has 2 heterocycles. The van der Waals surface area contributed by atoms with Gasteiger partial charge in [-0.05, 0) is 56.9 Å². The number of nitrogens with one attached hydrogen (secondary N) is 1. The fraction of sp³-hybridized carbons (Fsp3) is 0.333. The number of pyridine rings is 1. The van der Waals surface area contributed by atoms with Crippen LogP contribution in [0.15, 0.2) is 42.7 Å². The Morgan fingerprint density at radius 2 is 2.12 bits per heavy atom. The second-order valence-corrected chi connectivity index (χ2v) is 6.22. The standard InChI is InChI=1S/C18H22N4O2/c1-13-9-14(20-18(23)22-11-15(12-22)21(2)3)6-7-17(13)24-16-5-4-8-19-10-16/h4-10,15H,11-12H2,1-3H3,(H,20,23). The van der Waals surface area contributed by atoms with Crippen LogP contribution in [0.4, 0.5) is 10.5 Å². The number of carbonyl (C=O) groups excluding carboxylic acids is 1. The molecular formula is C18H22N4O2. The molecule has 1 saturated heterocycles. The fourth-order valence-corrected chi connectivity index (χ4v) is 2.53. The number of urea groups is 1. The molecular weight excluding hydrogens is 304 g/mol. The molecule has 2 aromatic rings. The first-order chi connectivity index (χ1) is 11.5. The van der Waals surface area contributed by atoms with Crippen molar-refractivity contribution in [1.29, 1.82) is 0 Å². The third kappa shape index (κ3) is 3.65. The van der Waals surface area contributed by atoms with E-state index < -0.39 is 0 Å². The predicted molar refractivity (Wildman–Crippen MR) is 93.6 cm³/mol. The van der Waals surface area contributed by atoms with Gasteiger partial charge in [0.15, 0.2) is 0 Å². The third-order valence-corrected chi connectivity index (χ3v) is 4.17. The van der Waals surface area contributed by atoms with Gasteiger partial charge in [0.2, 0.25) is 0 Å². The van der Waals surface area contributed by atoms with Gasteiger partial charge in [-0.25, -0.2) is 4.79 Å². The first-order valence-corrected chi connectivity index (χ1v) is 7.94. The van der Waals surface area contributed by atoms with E-state index in [0.29, 0.717) is 11.8 Å². The zero-order chi connectivity index (χ0) is 17.1. The smallest absolute Gasteiger partial charge is 0.321 e. The van der Waals surface area contributed by atoms with Gasteiger partial charge in [-0.3, -0.25) is 4.98 Å². The zero-order valence-electron chi connectivity index (χ0n) is 14.2. The molecule has 1 aromatic carbocycles. The molecule has 0 bridgehead atoms. The second-order valence-electron chi connectivity index (χ2n) is 6.22. The Hall–Kier alpha value is -2.60. The van der Waals surface area contributed by atoms with Crippen LogP contribution in [-0.4, -0.2) is 54.0 Å². The van der Waals surface area contributed by atoms with Crippen molar-refractivity contribution in [2.75, 3.05) is 32.5 Å². The van der Waals surface area contributed by atoms with Gasteiger partial charge >= 0.3 is 6.03 Å². The topological polar surface area (TPSA) is 57.7 Å². The van der Waals surface area contributed by atoms with E-state index >= 15 is 0 Å². The molecule has 0 atom stereocenters. The van der Waals surface area contributed by atoms with Gasteiger partial charge in [-0.15, -0.1) is 0 Å². The van der Waals surface area contributed by atoms with Gasteiger partial charge < -0.3 is 19.9 Å². The molecule has 0 spiro atoms. The summed E-state index contributed by atoms with van der Waals surface area (Å²) in [6, 6.07) is 9.69. The summed E-state index contributed by atoms with van der Waals surface area (Å²) >= 11 is 0. The highest BCUT2D eigenvalue weighted by Crippen LogP contribution is 2.27. The van der Waals surface area contributed by atoms with Crippen LogP contribution in [0.25, 0.3) is 0 Å². The van der Waals surface area contributed by atoms with E-state index in [1.54, 1.807) is 17.3 Å². The lowest BCUT2D eigenvalue weighted by atomic mass is 10.1. The van der Waals surface area contributed by atoms with Gasteiger partial charge in [0.1, 0.15) is 11.5 Å². The predicted octanol–water partition coefficient (Wildman–Crippen LogP) is 2.96. The molecule has 2 amide bonds. The van der Waals surface area contributed by atoms with Crippen molar-refractivity contribution in [3.05, 3.63) is 48.3 Å². The van der Waals surface area contributed by atoms with E-state index in [0.717, 1.165) is 30.1 Å². The number of benzene rings is 1. The highest BCUT2D eigenvalue weighted by Gasteiger charge is 2.31. The quantitative estimate of drug-likeness (QED) is 0.938. The maximum absolute atomic E-state index is 12.2. The number of amides is 2. The Labute approximate surface area is 142 Å². The van der Waals surface area contributed by atoms with Crippen LogP contribution in [0.3, 0.4) is 0 Å². The molecule has 1 fully saturated rings. The normalized spacial score (nSPS) is 14.4. The van der Waals surface area contributed by atoms with E-state index in [-0.39, 0.29) is 6.03 Å². The van der Waals surface area contributed by atoms with Crippen molar-refractivity contribution in [1.82, 2.24) is 14.8 Å². The van der Waals surface area contributed by atoms with Crippen LogP contribution >= 0.6 is 0 Å². The van der Waals surface area contributed by atoms with E-state index in [1.165, 1.54) is 0 Å². The summed E-state index contributed by atoms with van der Waals surface area (Å²) in [5.74, 6) is 1.44. The van der Waals surface area contributed by atoms with Crippen LogP contribution in [0.2, 0.25) is 0 Å². The molecule has 6 heteroatoms. The summed E-state index contributed by atoms with van der Waals surface area (Å²) in [6.45, 7) is 3.48. The van der Waals surface area contributed by atoms with Gasteiger partial charge in [-0.2, -0.15) is 0 Å². The Morgan fingerprint density at radius 3 is 2.75 bits per heavy atom. The van der Waals surface area contributed by atoms with Crippen molar-refractivity contribution in [2.24, 2.45) is 0 Å². The lowest BCUT2D eigenvalue weighted by molar-refractivity contribution is 0.0942. The van der Waals surface area contributed by atoms with Crippen LogP contribution < -0.4 is 10.1 Å². The Balaban J connectivity index is 1.60. The molecule has 0 unspecified atom stereocenters. The number of aromatic nitrogens is 1. The maximum Gasteiger partial charge on any atom is 0.321 e. The third-order valence-electron chi connectivity index (χ3n) is 4.17. The minimum atomic E-state index is -0.0616. The summed E-state index contributed by atoms with van der Waals surface area (Å²) in [7, 11) is 4.06. The minimum absolute atomic E-state index is 0.0616. The minimum Gasteiger partial charge on any atom is -0.455 e. The Bertz CT molecular complexity index is 712. The molecule has 0 radical (unpaired) electrons. The first kappa shape index (κ1) is 16.3. The first-order valence-electron chi connectivity index (χ1n) is 7.94. The largest absolute Gasteiger partial charge is 0.455 e. The van der Waals surface area contributed by atoms with Crippen LogP contribution in [0.1, 0.15) is 5.56 Å². The van der Waals surface area contributed by atoms with Crippen molar-refractivity contribution >= 4 is 11.7 Å². The summed E-state index contributed by atoms with van der Waals surface area (Å²) < 4.78 is 5.80. The van der Waals surface area contributed by atoms with Crippen LogP contribution in [0.5, 0.6) is 11.5 Å². The number of likely N-dealkylation sites (N-methyl/N-ethyl adjacent to an activating group) is 1. The lowest BCUT2D eigenvalue weighted by Gasteiger charge is -2.42. The summed E-state index contributed by atoms with van der Waals surface area (Å²) in [5.41, 5.74) is 1.72. The summed E-state index contributed by atoms with van der Waals surface area (Å²) in [4.78, 5) is 20.2. The van der Waals surface area contributed by atoms with Crippen molar-refractivity contribution in [3.8, 4) is 11.5 Å². The Kier molecular flexibility index (Phi) is 4.66. The number of carbonyl (C=O) groups is 1. The van der Waals surface area contributed by atoms with Gasteiger partial charge in [0.05, 0.1) is 6.20 Å². The number of nitrogens with zero attached hydrogens (tertiary/aromatic N) is 3. The Morgan fingerprint density at radius 1 is 1.33 bits per heavy atom. The maximum atomic E-state index is 12.2. The van der Waals surface area contributed by atoms with Gasteiger partial charge in [0, 0.05) is 31.0 Å². The molecule has 0 aliphatic carbocycles. The monoisotopic (exact) mass is 326 g/mol. The molecule has 1 aliphatic heterocycles. The number of rotatable bonds is 4. The van der Waals surface area contributed by atoms with Crippen molar-refractivity contribution < 1.29 is 9.53 Å². The van der Waals surface area contributed by atoms with E-state index in [4.69, 9.17) is 4.74 Å². The molecule has 1 N–H and O–H groups in total. The van der Waals surface area contributed by atoms with E-state index in [2.05, 4.69) is 15.2 Å². The molecule has 1 aromatic heterocycles. The second kappa shape index (κ2) is 6.88. The average Bonchev–Trinajstić information content (AvgIpc) is 2.49. The number of likely N-dealkylation sites (tertiary alicyclic amines) is 1. The van der Waals surface area contributed by atoms with Gasteiger partial charge in [-0.1, -0.05) is 0 Å². The fourth-order valence-electron chi connectivity index (χ4n) is 2.53. The zero-order valence-corrected chi connectivity index (χ0v) is 14.2. The number of aryl methyl sites for hydroxylation is 1. The number of hydrogen-bond acceptors (Lipinski definition) is 4. The molecule has 0 saturated carbocycles. The number of ether oxygens (including phenoxy) is 1. The van der Waals surface area contributed by atoms with Crippen LogP contribution in [-0.2, 0) is 0 Å². The van der Waals surface area contributed by atoms with Crippen molar-refractivity contribution in [2.45, 2.75) is 13.0 Å². The molecule has 6 nitrogen and oxygen atoms in total.